The van der Waals surface area contributed by atoms with Crippen molar-refractivity contribution in [1.82, 2.24) is 0 Å². The standard InChI is InChI=1S/C21H17BrFNS/c1-13-5-3-4-6-17(13)21(25)18-9-8-16(12-19(18)23)24-20-10-7-15(22)11-14(20)2/h3-12,24H,1-2H3. The van der Waals surface area contributed by atoms with E-state index in [4.69, 9.17) is 12.2 Å². The largest absolute Gasteiger partial charge is 0.355 e. The number of aryl methyl sites for hydroxylation is 2. The highest BCUT2D eigenvalue weighted by Gasteiger charge is 2.13. The van der Waals surface area contributed by atoms with E-state index in [1.54, 1.807) is 6.07 Å². The minimum absolute atomic E-state index is 0.326. The summed E-state index contributed by atoms with van der Waals surface area (Å²) in [5, 5.41) is 3.25. The summed E-state index contributed by atoms with van der Waals surface area (Å²) in [5.41, 5.74) is 5.09. The molecule has 0 fully saturated rings. The molecule has 0 aromatic heterocycles. The van der Waals surface area contributed by atoms with Gasteiger partial charge in [0.1, 0.15) is 5.82 Å². The summed E-state index contributed by atoms with van der Waals surface area (Å²) in [6.07, 6.45) is 0. The molecule has 0 atom stereocenters. The maximum atomic E-state index is 14.7. The predicted molar refractivity (Wildman–Crippen MR) is 111 cm³/mol. The van der Waals surface area contributed by atoms with Crippen molar-refractivity contribution in [3.63, 3.8) is 0 Å². The summed E-state index contributed by atoms with van der Waals surface area (Å²) in [6, 6.07) is 18.8. The van der Waals surface area contributed by atoms with Crippen LogP contribution in [0.25, 0.3) is 0 Å². The van der Waals surface area contributed by atoms with Crippen LogP contribution in [0.5, 0.6) is 0 Å². The number of anilines is 2. The van der Waals surface area contributed by atoms with Crippen LogP contribution >= 0.6 is 28.1 Å². The minimum atomic E-state index is -0.326. The number of benzene rings is 3. The van der Waals surface area contributed by atoms with E-state index in [1.165, 1.54) is 6.07 Å². The lowest BCUT2D eigenvalue weighted by Crippen LogP contribution is -2.05. The average Bonchev–Trinajstić information content (AvgIpc) is 2.57. The van der Waals surface area contributed by atoms with Gasteiger partial charge in [0.05, 0.1) is 4.86 Å². The van der Waals surface area contributed by atoms with E-state index >= 15 is 0 Å². The lowest BCUT2D eigenvalue weighted by Gasteiger charge is -2.13. The SMILES string of the molecule is Cc1cc(Br)ccc1Nc1ccc(C(=S)c2ccccc2C)c(F)c1. The van der Waals surface area contributed by atoms with Crippen LogP contribution in [0.1, 0.15) is 22.3 Å². The van der Waals surface area contributed by atoms with Crippen LogP contribution in [0, 0.1) is 19.7 Å². The molecule has 0 aliphatic rings. The van der Waals surface area contributed by atoms with Gasteiger partial charge in [0, 0.05) is 21.4 Å². The van der Waals surface area contributed by atoms with Crippen molar-refractivity contribution in [3.05, 3.63) is 93.2 Å². The molecule has 0 bridgehead atoms. The topological polar surface area (TPSA) is 12.0 Å². The molecule has 0 saturated heterocycles. The van der Waals surface area contributed by atoms with Crippen LogP contribution in [-0.4, -0.2) is 4.86 Å². The van der Waals surface area contributed by atoms with Crippen molar-refractivity contribution >= 4 is 44.4 Å². The molecule has 0 unspecified atom stereocenters. The number of halogens is 2. The van der Waals surface area contributed by atoms with Gasteiger partial charge >= 0.3 is 0 Å². The highest BCUT2D eigenvalue weighted by atomic mass is 79.9. The van der Waals surface area contributed by atoms with E-state index in [0.29, 0.717) is 16.1 Å². The van der Waals surface area contributed by atoms with Crippen molar-refractivity contribution in [3.8, 4) is 0 Å². The molecule has 126 valence electrons. The summed E-state index contributed by atoms with van der Waals surface area (Å²) in [6.45, 7) is 3.98. The van der Waals surface area contributed by atoms with Crippen LogP contribution < -0.4 is 5.32 Å². The second-order valence-corrected chi connectivity index (χ2v) is 7.25. The zero-order valence-corrected chi connectivity index (χ0v) is 16.3. The first-order valence-electron chi connectivity index (χ1n) is 7.89. The summed E-state index contributed by atoms with van der Waals surface area (Å²) in [5.74, 6) is -0.326. The molecule has 0 spiro atoms. The van der Waals surface area contributed by atoms with Gasteiger partial charge in [-0.05, 0) is 66.9 Å². The van der Waals surface area contributed by atoms with Crippen LogP contribution in [-0.2, 0) is 0 Å². The van der Waals surface area contributed by atoms with Crippen LogP contribution in [0.3, 0.4) is 0 Å². The highest BCUT2D eigenvalue weighted by molar-refractivity contribution is 9.10. The second-order valence-electron chi connectivity index (χ2n) is 5.92. The smallest absolute Gasteiger partial charge is 0.133 e. The lowest BCUT2D eigenvalue weighted by molar-refractivity contribution is 0.626. The van der Waals surface area contributed by atoms with E-state index in [0.717, 1.165) is 26.9 Å². The number of nitrogens with one attached hydrogen (secondary N) is 1. The predicted octanol–water partition coefficient (Wildman–Crippen LogP) is 6.71. The maximum Gasteiger partial charge on any atom is 0.133 e. The molecule has 0 radical (unpaired) electrons. The Balaban J connectivity index is 1.88. The normalized spacial score (nSPS) is 10.6. The quantitative estimate of drug-likeness (QED) is 0.376. The molecule has 0 heterocycles. The molecular formula is C21H17BrFNS. The Morgan fingerprint density at radius 3 is 2.36 bits per heavy atom. The fourth-order valence-corrected chi connectivity index (χ4v) is 3.54. The Hall–Kier alpha value is -2.04. The number of rotatable bonds is 4. The molecule has 3 aromatic rings. The Bertz CT molecular complexity index is 952. The van der Waals surface area contributed by atoms with Crippen LogP contribution in [0.2, 0.25) is 0 Å². The first-order valence-corrected chi connectivity index (χ1v) is 9.09. The Kier molecular flexibility index (Phi) is 5.30. The zero-order valence-electron chi connectivity index (χ0n) is 13.9. The monoisotopic (exact) mass is 413 g/mol. The Morgan fingerprint density at radius 2 is 1.68 bits per heavy atom. The molecule has 0 aliphatic heterocycles. The fourth-order valence-electron chi connectivity index (χ4n) is 2.67. The molecule has 1 N–H and O–H groups in total. The first-order chi connectivity index (χ1) is 12.0. The summed E-state index contributed by atoms with van der Waals surface area (Å²) in [7, 11) is 0. The van der Waals surface area contributed by atoms with Crippen molar-refractivity contribution < 1.29 is 4.39 Å². The molecule has 1 nitrogen and oxygen atoms in total. The third-order valence-corrected chi connectivity index (χ3v) is 5.00. The third-order valence-electron chi connectivity index (χ3n) is 4.07. The van der Waals surface area contributed by atoms with Gasteiger partial charge in [-0.3, -0.25) is 0 Å². The molecule has 0 amide bonds. The molecule has 0 aliphatic carbocycles. The number of thiocarbonyl (C=S) groups is 1. The van der Waals surface area contributed by atoms with E-state index < -0.39 is 0 Å². The van der Waals surface area contributed by atoms with Gasteiger partial charge in [-0.15, -0.1) is 0 Å². The average molecular weight is 414 g/mol. The fraction of sp³-hybridized carbons (Fsp3) is 0.0952. The summed E-state index contributed by atoms with van der Waals surface area (Å²) in [4.78, 5) is 0.530. The first kappa shape index (κ1) is 17.8. The van der Waals surface area contributed by atoms with Gasteiger partial charge in [-0.25, -0.2) is 4.39 Å². The Morgan fingerprint density at radius 1 is 0.920 bits per heavy atom. The van der Waals surface area contributed by atoms with Gasteiger partial charge in [0.2, 0.25) is 0 Å². The van der Waals surface area contributed by atoms with Crippen molar-refractivity contribution in [2.24, 2.45) is 0 Å². The van der Waals surface area contributed by atoms with E-state index in [-0.39, 0.29) is 5.82 Å². The molecular weight excluding hydrogens is 397 g/mol. The van der Waals surface area contributed by atoms with Gasteiger partial charge in [0.15, 0.2) is 0 Å². The lowest BCUT2D eigenvalue weighted by atomic mass is 9.99. The summed E-state index contributed by atoms with van der Waals surface area (Å²) >= 11 is 8.95. The van der Waals surface area contributed by atoms with Crippen LogP contribution in [0.15, 0.2) is 65.1 Å². The second kappa shape index (κ2) is 7.46. The summed E-state index contributed by atoms with van der Waals surface area (Å²) < 4.78 is 15.7. The van der Waals surface area contributed by atoms with Crippen LogP contribution in [0.4, 0.5) is 15.8 Å². The minimum Gasteiger partial charge on any atom is -0.355 e. The third kappa shape index (κ3) is 3.97. The van der Waals surface area contributed by atoms with Gasteiger partial charge < -0.3 is 5.32 Å². The van der Waals surface area contributed by atoms with Gasteiger partial charge in [0.25, 0.3) is 0 Å². The molecule has 25 heavy (non-hydrogen) atoms. The number of hydrogen-bond donors (Lipinski definition) is 1. The number of hydrogen-bond acceptors (Lipinski definition) is 2. The van der Waals surface area contributed by atoms with Gasteiger partial charge in [-0.2, -0.15) is 0 Å². The highest BCUT2D eigenvalue weighted by Crippen LogP contribution is 2.26. The van der Waals surface area contributed by atoms with Crippen molar-refractivity contribution in [2.45, 2.75) is 13.8 Å². The Labute approximate surface area is 161 Å². The molecule has 3 aromatic carbocycles. The molecule has 3 rings (SSSR count). The van der Waals surface area contributed by atoms with E-state index in [2.05, 4.69) is 21.2 Å². The maximum absolute atomic E-state index is 14.7. The zero-order chi connectivity index (χ0) is 18.0. The molecule has 0 saturated carbocycles. The van der Waals surface area contributed by atoms with Crippen molar-refractivity contribution in [1.29, 1.82) is 0 Å². The molecule has 4 heteroatoms. The van der Waals surface area contributed by atoms with Crippen molar-refractivity contribution in [2.75, 3.05) is 5.32 Å². The van der Waals surface area contributed by atoms with E-state index in [1.807, 2.05) is 62.4 Å². The van der Waals surface area contributed by atoms with E-state index in [9.17, 15) is 4.39 Å². The van der Waals surface area contributed by atoms with Gasteiger partial charge in [-0.1, -0.05) is 52.4 Å².